The van der Waals surface area contributed by atoms with Gasteiger partial charge in [0.25, 0.3) is 0 Å². The molecule has 3 rings (SSSR count). The lowest BCUT2D eigenvalue weighted by Gasteiger charge is -2.27. The van der Waals surface area contributed by atoms with Gasteiger partial charge in [-0.25, -0.2) is 4.39 Å². The lowest BCUT2D eigenvalue weighted by molar-refractivity contribution is 0.501. The first-order chi connectivity index (χ1) is 9.25. The largest absolute Gasteiger partial charge is 0.309 e. The lowest BCUT2D eigenvalue weighted by Crippen LogP contribution is -2.31. The number of rotatable bonds is 2. The minimum absolute atomic E-state index is 0.212. The monoisotopic (exact) mass is 275 g/mol. The maximum atomic E-state index is 13.5. The zero-order valence-corrected chi connectivity index (χ0v) is 11.3. The second-order valence-corrected chi connectivity index (χ2v) is 5.25. The van der Waals surface area contributed by atoms with Gasteiger partial charge in [0, 0.05) is 6.04 Å². The highest BCUT2D eigenvalue weighted by Crippen LogP contribution is 2.29. The van der Waals surface area contributed by atoms with Crippen LogP contribution in [0.1, 0.15) is 22.7 Å². The Hall–Kier alpha value is -1.38. The number of hydrogen-bond acceptors (Lipinski definition) is 1. The number of hydrogen-bond donors (Lipinski definition) is 1. The summed E-state index contributed by atoms with van der Waals surface area (Å²) in [5, 5.41) is 3.73. The van der Waals surface area contributed by atoms with Crippen LogP contribution in [0.15, 0.2) is 42.5 Å². The summed E-state index contributed by atoms with van der Waals surface area (Å²) in [5.74, 6) is -0.344. The molecule has 0 radical (unpaired) electrons. The molecule has 1 unspecified atom stereocenters. The van der Waals surface area contributed by atoms with Gasteiger partial charge in [-0.05, 0) is 42.1 Å². The van der Waals surface area contributed by atoms with Crippen molar-refractivity contribution in [1.82, 2.24) is 5.32 Å². The normalized spacial score (nSPS) is 18.1. The van der Waals surface area contributed by atoms with E-state index in [1.165, 1.54) is 17.2 Å². The first kappa shape index (κ1) is 12.6. The molecule has 1 heterocycles. The molecule has 0 saturated carbocycles. The van der Waals surface area contributed by atoms with E-state index < -0.39 is 0 Å². The Morgan fingerprint density at radius 3 is 2.89 bits per heavy atom. The van der Waals surface area contributed by atoms with Gasteiger partial charge in [-0.2, -0.15) is 0 Å². The molecule has 1 nitrogen and oxygen atoms in total. The summed E-state index contributed by atoms with van der Waals surface area (Å²) in [7, 11) is 0. The van der Waals surface area contributed by atoms with Crippen molar-refractivity contribution in [1.29, 1.82) is 0 Å². The van der Waals surface area contributed by atoms with Gasteiger partial charge in [-0.15, -0.1) is 0 Å². The molecule has 0 aliphatic carbocycles. The third-order valence-electron chi connectivity index (χ3n) is 3.67. The molecule has 0 spiro atoms. The summed E-state index contributed by atoms with van der Waals surface area (Å²) >= 11 is 6.04. The van der Waals surface area contributed by atoms with Crippen molar-refractivity contribution in [3.8, 4) is 0 Å². The molecular weight excluding hydrogens is 261 g/mol. The molecule has 1 atom stereocenters. The highest BCUT2D eigenvalue weighted by Gasteiger charge is 2.20. The van der Waals surface area contributed by atoms with Crippen LogP contribution < -0.4 is 5.32 Å². The molecule has 98 valence electrons. The van der Waals surface area contributed by atoms with Crippen molar-refractivity contribution in [3.63, 3.8) is 0 Å². The van der Waals surface area contributed by atoms with Crippen LogP contribution in [0.2, 0.25) is 5.02 Å². The average molecular weight is 276 g/mol. The van der Waals surface area contributed by atoms with Crippen LogP contribution in [0.4, 0.5) is 4.39 Å². The minimum Gasteiger partial charge on any atom is -0.309 e. The van der Waals surface area contributed by atoms with Crippen LogP contribution >= 0.6 is 11.6 Å². The Bertz CT molecular complexity index is 597. The van der Waals surface area contributed by atoms with E-state index in [1.54, 1.807) is 6.07 Å². The van der Waals surface area contributed by atoms with Gasteiger partial charge in [0.15, 0.2) is 0 Å². The number of benzene rings is 2. The van der Waals surface area contributed by atoms with Gasteiger partial charge < -0.3 is 5.32 Å². The van der Waals surface area contributed by atoms with Crippen molar-refractivity contribution < 1.29 is 4.39 Å². The maximum absolute atomic E-state index is 13.5. The highest BCUT2D eigenvalue weighted by molar-refractivity contribution is 6.31. The van der Waals surface area contributed by atoms with Gasteiger partial charge in [0.05, 0.1) is 5.02 Å². The first-order valence-electron chi connectivity index (χ1n) is 6.50. The Morgan fingerprint density at radius 1 is 1.16 bits per heavy atom. The number of halogens is 2. The van der Waals surface area contributed by atoms with Crippen molar-refractivity contribution in [3.05, 3.63) is 70.0 Å². The van der Waals surface area contributed by atoms with E-state index in [9.17, 15) is 4.39 Å². The molecule has 0 bridgehead atoms. The number of fused-ring (bicyclic) bond motifs is 1. The molecule has 2 aromatic carbocycles. The molecule has 0 saturated heterocycles. The standard InChI is InChI=1S/C16H15ClFN/c17-16-12(5-3-7-14(16)18)10-15-13-6-2-1-4-11(13)8-9-19-15/h1-7,15,19H,8-10H2. The third kappa shape index (κ3) is 2.51. The van der Waals surface area contributed by atoms with Crippen LogP contribution in [0.25, 0.3) is 0 Å². The van der Waals surface area contributed by atoms with Gasteiger partial charge in [0.1, 0.15) is 5.82 Å². The zero-order chi connectivity index (χ0) is 13.2. The van der Waals surface area contributed by atoms with Crippen molar-refractivity contribution in [2.24, 2.45) is 0 Å². The van der Waals surface area contributed by atoms with E-state index in [4.69, 9.17) is 11.6 Å². The Balaban J connectivity index is 1.91. The summed E-state index contributed by atoms with van der Waals surface area (Å²) in [6.07, 6.45) is 1.76. The summed E-state index contributed by atoms with van der Waals surface area (Å²) in [4.78, 5) is 0. The molecule has 0 aromatic heterocycles. The molecule has 1 aliphatic heterocycles. The second kappa shape index (κ2) is 5.32. The Kier molecular flexibility index (Phi) is 3.54. The minimum atomic E-state index is -0.344. The molecule has 1 N–H and O–H groups in total. The smallest absolute Gasteiger partial charge is 0.142 e. The molecule has 1 aliphatic rings. The van der Waals surface area contributed by atoms with E-state index in [1.807, 2.05) is 12.1 Å². The molecule has 2 aromatic rings. The van der Waals surface area contributed by atoms with E-state index >= 15 is 0 Å². The van der Waals surface area contributed by atoms with E-state index in [0.29, 0.717) is 6.42 Å². The van der Waals surface area contributed by atoms with Crippen LogP contribution in [0.5, 0.6) is 0 Å². The second-order valence-electron chi connectivity index (χ2n) is 4.87. The Morgan fingerprint density at radius 2 is 2.00 bits per heavy atom. The SMILES string of the molecule is Fc1cccc(CC2NCCc3ccccc32)c1Cl. The topological polar surface area (TPSA) is 12.0 Å². The van der Waals surface area contributed by atoms with Gasteiger partial charge >= 0.3 is 0 Å². The van der Waals surface area contributed by atoms with E-state index in [2.05, 4.69) is 23.5 Å². The van der Waals surface area contributed by atoms with Gasteiger partial charge in [-0.1, -0.05) is 48.0 Å². The molecule has 0 amide bonds. The number of nitrogens with one attached hydrogen (secondary N) is 1. The summed E-state index contributed by atoms with van der Waals surface area (Å²) < 4.78 is 13.5. The van der Waals surface area contributed by atoms with Crippen molar-refractivity contribution >= 4 is 11.6 Å². The quantitative estimate of drug-likeness (QED) is 0.876. The van der Waals surface area contributed by atoms with Gasteiger partial charge in [0.2, 0.25) is 0 Å². The summed E-state index contributed by atoms with van der Waals surface area (Å²) in [5.41, 5.74) is 3.53. The fourth-order valence-corrected chi connectivity index (χ4v) is 2.90. The highest BCUT2D eigenvalue weighted by atomic mass is 35.5. The Labute approximate surface area is 117 Å². The van der Waals surface area contributed by atoms with Gasteiger partial charge in [-0.3, -0.25) is 0 Å². The van der Waals surface area contributed by atoms with Crippen molar-refractivity contribution in [2.45, 2.75) is 18.9 Å². The summed E-state index contributed by atoms with van der Waals surface area (Å²) in [6.45, 7) is 0.953. The predicted molar refractivity (Wildman–Crippen MR) is 76.0 cm³/mol. The first-order valence-corrected chi connectivity index (χ1v) is 6.87. The summed E-state index contributed by atoms with van der Waals surface area (Å²) in [6, 6.07) is 13.6. The fraction of sp³-hybridized carbons (Fsp3) is 0.250. The van der Waals surface area contributed by atoms with Crippen LogP contribution in [0.3, 0.4) is 0 Å². The predicted octanol–water partition coefficient (Wildman–Crippen LogP) is 3.91. The van der Waals surface area contributed by atoms with E-state index in [0.717, 1.165) is 18.5 Å². The molecule has 0 fully saturated rings. The van der Waals surface area contributed by atoms with Crippen LogP contribution in [-0.2, 0) is 12.8 Å². The lowest BCUT2D eigenvalue weighted by atomic mass is 9.90. The average Bonchev–Trinajstić information content (AvgIpc) is 2.44. The molecule has 3 heteroatoms. The zero-order valence-electron chi connectivity index (χ0n) is 10.5. The van der Waals surface area contributed by atoms with Crippen molar-refractivity contribution in [2.75, 3.05) is 6.54 Å². The molecule has 19 heavy (non-hydrogen) atoms. The van der Waals surface area contributed by atoms with E-state index in [-0.39, 0.29) is 16.9 Å². The van der Waals surface area contributed by atoms with Crippen LogP contribution in [-0.4, -0.2) is 6.54 Å². The third-order valence-corrected chi connectivity index (χ3v) is 4.09. The maximum Gasteiger partial charge on any atom is 0.142 e. The van der Waals surface area contributed by atoms with Crippen LogP contribution in [0, 0.1) is 5.82 Å². The fourth-order valence-electron chi connectivity index (χ4n) is 2.70. The molecular formula is C16H15ClFN.